The normalized spacial score (nSPS) is 13.5. The molecule has 4 nitrogen and oxygen atoms in total. The highest BCUT2D eigenvalue weighted by atomic mass is 16.5. The maximum absolute atomic E-state index is 10.4. The molecule has 2 unspecified atom stereocenters. The Morgan fingerprint density at radius 1 is 0.964 bits per heavy atom. The van der Waals surface area contributed by atoms with E-state index in [4.69, 9.17) is 0 Å². The van der Waals surface area contributed by atoms with E-state index in [1.165, 1.54) is 32.1 Å². The van der Waals surface area contributed by atoms with Crippen molar-refractivity contribution in [1.82, 2.24) is 0 Å². The summed E-state index contributed by atoms with van der Waals surface area (Å²) < 4.78 is 4.67. The van der Waals surface area contributed by atoms with Crippen molar-refractivity contribution in [1.29, 1.82) is 0 Å². The molecule has 2 N–H and O–H groups in total. The highest BCUT2D eigenvalue weighted by Crippen LogP contribution is 2.23. The fourth-order valence-electron chi connectivity index (χ4n) is 3.33. The smallest absolute Gasteiger partial charge is 0.293 e. The van der Waals surface area contributed by atoms with Crippen LogP contribution in [0.4, 0.5) is 0 Å². The number of rotatable bonds is 17. The standard InChI is InChI=1S/C24H38O4/c1-2-3-4-5-6-7-15-22(26)16-10-8-13-21-14-9-11-17-23(21)24(27)18-12-19-28-20-25/h8-9,11,13-14,17,20,22,24,26-27H,2-7,10,12,15-16,18-19H2,1H3/b13-8+. The minimum absolute atomic E-state index is 0.227. The molecule has 0 spiro atoms. The Hall–Kier alpha value is -1.65. The number of carbonyl (C=O) groups excluding carboxylic acids is 1. The quantitative estimate of drug-likeness (QED) is 0.269. The summed E-state index contributed by atoms with van der Waals surface area (Å²) in [6, 6.07) is 7.79. The zero-order valence-corrected chi connectivity index (χ0v) is 17.4. The molecule has 0 bridgehead atoms. The van der Waals surface area contributed by atoms with Crippen LogP contribution in [0, 0.1) is 0 Å². The largest absolute Gasteiger partial charge is 0.468 e. The summed E-state index contributed by atoms with van der Waals surface area (Å²) in [7, 11) is 0. The molecule has 0 aromatic heterocycles. The number of hydrogen-bond acceptors (Lipinski definition) is 4. The lowest BCUT2D eigenvalue weighted by atomic mass is 9.98. The highest BCUT2D eigenvalue weighted by molar-refractivity contribution is 5.54. The molecular formula is C24H38O4. The number of aliphatic hydroxyl groups is 2. The van der Waals surface area contributed by atoms with Crippen molar-refractivity contribution in [3.63, 3.8) is 0 Å². The molecule has 28 heavy (non-hydrogen) atoms. The van der Waals surface area contributed by atoms with Crippen molar-refractivity contribution in [3.8, 4) is 0 Å². The predicted octanol–water partition coefficient (Wildman–Crippen LogP) is 5.58. The maximum Gasteiger partial charge on any atom is 0.293 e. The summed E-state index contributed by atoms with van der Waals surface area (Å²) in [4.78, 5) is 10.2. The van der Waals surface area contributed by atoms with E-state index in [9.17, 15) is 15.0 Å². The van der Waals surface area contributed by atoms with Gasteiger partial charge in [0.25, 0.3) is 6.47 Å². The Labute approximate surface area is 170 Å². The van der Waals surface area contributed by atoms with E-state index in [1.54, 1.807) is 0 Å². The van der Waals surface area contributed by atoms with Crippen LogP contribution in [0.1, 0.15) is 94.8 Å². The van der Waals surface area contributed by atoms with Gasteiger partial charge in [-0.15, -0.1) is 0 Å². The molecule has 0 fully saturated rings. The Morgan fingerprint density at radius 2 is 1.71 bits per heavy atom. The van der Waals surface area contributed by atoms with Crippen LogP contribution in [0.3, 0.4) is 0 Å². The summed E-state index contributed by atoms with van der Waals surface area (Å²) in [5, 5.41) is 20.5. The predicted molar refractivity (Wildman–Crippen MR) is 115 cm³/mol. The monoisotopic (exact) mass is 390 g/mol. The lowest BCUT2D eigenvalue weighted by Crippen LogP contribution is -2.05. The van der Waals surface area contributed by atoms with Crippen LogP contribution in [-0.4, -0.2) is 29.4 Å². The summed E-state index contributed by atoms with van der Waals surface area (Å²) in [6.45, 7) is 2.99. The third kappa shape index (κ3) is 11.3. The first-order valence-corrected chi connectivity index (χ1v) is 10.9. The molecule has 0 radical (unpaired) electrons. The van der Waals surface area contributed by atoms with E-state index >= 15 is 0 Å². The van der Waals surface area contributed by atoms with E-state index in [0.29, 0.717) is 25.9 Å². The minimum Gasteiger partial charge on any atom is -0.468 e. The molecule has 1 aromatic rings. The van der Waals surface area contributed by atoms with Crippen LogP contribution in [0.25, 0.3) is 6.08 Å². The van der Waals surface area contributed by atoms with Gasteiger partial charge in [0.05, 0.1) is 18.8 Å². The third-order valence-electron chi connectivity index (χ3n) is 5.02. The second-order valence-electron chi connectivity index (χ2n) is 7.44. The van der Waals surface area contributed by atoms with Crippen molar-refractivity contribution in [3.05, 3.63) is 41.5 Å². The molecule has 0 saturated heterocycles. The van der Waals surface area contributed by atoms with E-state index < -0.39 is 6.10 Å². The number of allylic oxidation sites excluding steroid dienone is 1. The van der Waals surface area contributed by atoms with Crippen LogP contribution >= 0.6 is 0 Å². The molecule has 0 saturated carbocycles. The second kappa shape index (κ2) is 16.3. The van der Waals surface area contributed by atoms with Gasteiger partial charge in [-0.3, -0.25) is 4.79 Å². The van der Waals surface area contributed by atoms with E-state index in [2.05, 4.69) is 17.7 Å². The fourth-order valence-corrected chi connectivity index (χ4v) is 3.33. The zero-order valence-electron chi connectivity index (χ0n) is 17.4. The highest BCUT2D eigenvalue weighted by Gasteiger charge is 2.10. The SMILES string of the molecule is CCCCCCCCC(O)CC/C=C/c1ccccc1C(O)CCCOC=O. The number of carbonyl (C=O) groups is 1. The molecule has 0 heterocycles. The van der Waals surface area contributed by atoms with Crippen LogP contribution in [0.5, 0.6) is 0 Å². The van der Waals surface area contributed by atoms with Gasteiger partial charge in [0.1, 0.15) is 0 Å². The number of benzene rings is 1. The average molecular weight is 391 g/mol. The summed E-state index contributed by atoms with van der Waals surface area (Å²) in [5.74, 6) is 0. The molecular weight excluding hydrogens is 352 g/mol. The molecule has 1 aromatic carbocycles. The summed E-state index contributed by atoms with van der Waals surface area (Å²) in [6.07, 6.45) is 14.5. The molecule has 1 rings (SSSR count). The van der Waals surface area contributed by atoms with Crippen molar-refractivity contribution < 1.29 is 19.7 Å². The van der Waals surface area contributed by atoms with Crippen molar-refractivity contribution >= 4 is 12.5 Å². The number of aliphatic hydroxyl groups excluding tert-OH is 2. The van der Waals surface area contributed by atoms with Gasteiger partial charge in [-0.1, -0.05) is 81.9 Å². The molecule has 0 aliphatic carbocycles. The van der Waals surface area contributed by atoms with Gasteiger partial charge < -0.3 is 14.9 Å². The Morgan fingerprint density at radius 3 is 2.50 bits per heavy atom. The number of unbranched alkanes of at least 4 members (excludes halogenated alkanes) is 5. The first-order valence-electron chi connectivity index (χ1n) is 10.9. The van der Waals surface area contributed by atoms with Crippen molar-refractivity contribution in [2.45, 2.75) is 89.8 Å². The van der Waals surface area contributed by atoms with E-state index in [1.807, 2.05) is 30.3 Å². The summed E-state index contributed by atoms with van der Waals surface area (Å²) >= 11 is 0. The number of hydrogen-bond donors (Lipinski definition) is 2. The lowest BCUT2D eigenvalue weighted by Gasteiger charge is -2.13. The van der Waals surface area contributed by atoms with Gasteiger partial charge in [0.2, 0.25) is 0 Å². The van der Waals surface area contributed by atoms with E-state index in [0.717, 1.165) is 36.8 Å². The first kappa shape index (κ1) is 24.4. The second-order valence-corrected chi connectivity index (χ2v) is 7.44. The van der Waals surface area contributed by atoms with Gasteiger partial charge in [-0.05, 0) is 43.2 Å². The minimum atomic E-state index is -0.575. The first-order chi connectivity index (χ1) is 13.7. The topological polar surface area (TPSA) is 66.8 Å². The molecule has 4 heteroatoms. The molecule has 158 valence electrons. The lowest BCUT2D eigenvalue weighted by molar-refractivity contribution is -0.128. The fraction of sp³-hybridized carbons (Fsp3) is 0.625. The Balaban J connectivity index is 2.32. The van der Waals surface area contributed by atoms with Gasteiger partial charge in [-0.25, -0.2) is 0 Å². The molecule has 0 amide bonds. The van der Waals surface area contributed by atoms with Gasteiger partial charge in [-0.2, -0.15) is 0 Å². The van der Waals surface area contributed by atoms with Gasteiger partial charge in [0.15, 0.2) is 0 Å². The molecule has 0 aliphatic heterocycles. The van der Waals surface area contributed by atoms with Crippen LogP contribution < -0.4 is 0 Å². The summed E-state index contributed by atoms with van der Waals surface area (Å²) in [5.41, 5.74) is 1.88. The molecule has 2 atom stereocenters. The van der Waals surface area contributed by atoms with Gasteiger partial charge >= 0.3 is 0 Å². The van der Waals surface area contributed by atoms with Crippen LogP contribution in [-0.2, 0) is 9.53 Å². The van der Waals surface area contributed by atoms with E-state index in [-0.39, 0.29) is 6.10 Å². The number of ether oxygens (including phenoxy) is 1. The molecule has 0 aliphatic rings. The van der Waals surface area contributed by atoms with Crippen molar-refractivity contribution in [2.24, 2.45) is 0 Å². The average Bonchev–Trinajstić information content (AvgIpc) is 2.71. The van der Waals surface area contributed by atoms with Crippen LogP contribution in [0.15, 0.2) is 30.3 Å². The third-order valence-corrected chi connectivity index (χ3v) is 5.02. The Bertz CT molecular complexity index is 541. The maximum atomic E-state index is 10.4. The van der Waals surface area contributed by atoms with Crippen molar-refractivity contribution in [2.75, 3.05) is 6.61 Å². The zero-order chi connectivity index (χ0) is 20.5. The Kier molecular flexibility index (Phi) is 14.2. The van der Waals surface area contributed by atoms with Crippen LogP contribution in [0.2, 0.25) is 0 Å². The van der Waals surface area contributed by atoms with Gasteiger partial charge in [0, 0.05) is 0 Å².